The van der Waals surface area contributed by atoms with E-state index in [9.17, 15) is 0 Å². The zero-order valence-electron chi connectivity index (χ0n) is 4.39. The van der Waals surface area contributed by atoms with Crippen LogP contribution in [-0.2, 0) is 0 Å². The monoisotopic (exact) mass is 292 g/mol. The number of hydrogen-bond donors (Lipinski definition) is 0. The van der Waals surface area contributed by atoms with Crippen LogP contribution in [0.15, 0.2) is 0 Å². The summed E-state index contributed by atoms with van der Waals surface area (Å²) in [5, 5.41) is 0. The van der Waals surface area contributed by atoms with E-state index in [1.54, 1.807) is 0 Å². The van der Waals surface area contributed by atoms with Crippen molar-refractivity contribution in [2.45, 2.75) is 0 Å². The Bertz CT molecular complexity index is 6.49. The van der Waals surface area contributed by atoms with Gasteiger partial charge < -0.3 is 24.8 Å². The summed E-state index contributed by atoms with van der Waals surface area (Å²) in [6, 6.07) is 0. The van der Waals surface area contributed by atoms with Gasteiger partial charge in [0.05, 0.1) is 0 Å². The van der Waals surface area contributed by atoms with Crippen molar-refractivity contribution in [3.05, 3.63) is 0 Å². The molecule has 0 aromatic carbocycles. The first-order chi connectivity index (χ1) is 0. The third-order valence-electron chi connectivity index (χ3n) is 0. The molecule has 0 radical (unpaired) electrons. The fraction of sp³-hybridized carbons (Fsp3) is 0. The molecule has 0 N–H and O–H groups in total. The maximum atomic E-state index is 0. The molecule has 8 heavy (non-hydrogen) atoms. The van der Waals surface area contributed by atoms with Crippen LogP contribution in [0.25, 0.3) is 0 Å². The zero-order chi connectivity index (χ0) is 0. The van der Waals surface area contributed by atoms with Gasteiger partial charge in [-0.15, -0.1) is 49.6 Å². The van der Waals surface area contributed by atoms with Gasteiger partial charge in [0.15, 0.2) is 0 Å². The van der Waals surface area contributed by atoms with Crippen molar-refractivity contribution in [3.8, 4) is 0 Å². The molecular formula is H4Cl6K2. The van der Waals surface area contributed by atoms with E-state index in [4.69, 9.17) is 0 Å². The first-order valence-corrected chi connectivity index (χ1v) is 0. The van der Waals surface area contributed by atoms with Gasteiger partial charge in [-0.05, 0) is 0 Å². The van der Waals surface area contributed by atoms with E-state index in [-0.39, 0.29) is 177 Å². The summed E-state index contributed by atoms with van der Waals surface area (Å²) in [6.45, 7) is 0. The molecule has 48 valence electrons. The van der Waals surface area contributed by atoms with E-state index in [1.165, 1.54) is 0 Å². The van der Waals surface area contributed by atoms with E-state index >= 15 is 0 Å². The molecule has 0 unspecified atom stereocenters. The normalized spacial score (nSPS) is 0. The van der Waals surface area contributed by atoms with E-state index in [0.29, 0.717) is 0 Å². The molecule has 0 atom stereocenters. The van der Waals surface area contributed by atoms with Crippen LogP contribution in [0.3, 0.4) is 0 Å². The van der Waals surface area contributed by atoms with E-state index in [2.05, 4.69) is 0 Å². The molecule has 0 fully saturated rings. The van der Waals surface area contributed by atoms with Crippen LogP contribution in [0.2, 0.25) is 0 Å². The molecule has 0 aromatic rings. The minimum absolute atomic E-state index is 0. The van der Waals surface area contributed by atoms with Crippen LogP contribution >= 0.6 is 49.6 Å². The van der Waals surface area contributed by atoms with Crippen molar-refractivity contribution >= 4 is 49.6 Å². The third kappa shape index (κ3) is 43.9. The average molecular weight is 295 g/mol. The van der Waals surface area contributed by atoms with Gasteiger partial charge >= 0.3 is 103 Å². The molecule has 0 amide bonds. The fourth-order valence-corrected chi connectivity index (χ4v) is 0. The van der Waals surface area contributed by atoms with Gasteiger partial charge in [-0.1, -0.05) is 0 Å². The maximum Gasteiger partial charge on any atom is 1.00 e. The second kappa shape index (κ2) is 58.0. The summed E-state index contributed by atoms with van der Waals surface area (Å²) < 4.78 is 0. The van der Waals surface area contributed by atoms with Crippen LogP contribution in [0.4, 0.5) is 0 Å². The van der Waals surface area contributed by atoms with Crippen molar-refractivity contribution in [2.75, 3.05) is 0 Å². The molecule has 8 heteroatoms. The Balaban J connectivity index is 0. The predicted molar refractivity (Wildman–Crippen MR) is 29.0 cm³/mol. The Morgan fingerprint density at radius 2 is 0.375 bits per heavy atom. The molecule has 0 saturated carbocycles. The van der Waals surface area contributed by atoms with Gasteiger partial charge in [0.2, 0.25) is 0 Å². The molecule has 0 aromatic heterocycles. The Morgan fingerprint density at radius 1 is 0.375 bits per heavy atom. The second-order valence-corrected chi connectivity index (χ2v) is 0. The van der Waals surface area contributed by atoms with E-state index in [0.717, 1.165) is 0 Å². The number of rotatable bonds is 0. The molecule has 0 nitrogen and oxygen atoms in total. The van der Waals surface area contributed by atoms with Crippen LogP contribution in [0.5, 0.6) is 0 Å². The fourth-order valence-electron chi connectivity index (χ4n) is 0. The van der Waals surface area contributed by atoms with E-state index in [1.807, 2.05) is 0 Å². The molecule has 0 rings (SSSR count). The topological polar surface area (TPSA) is 0 Å². The van der Waals surface area contributed by atoms with Gasteiger partial charge in [0.1, 0.15) is 0 Å². The predicted octanol–water partition coefficient (Wildman–Crippen LogP) is -10.3. The standard InChI is InChI=1S/6ClH.2K/h6*1H;;/q;;;;;;2*+1/p-2. The largest absolute Gasteiger partial charge is 1.00 e. The Kier molecular flexibility index (Phi) is 542. The molecule has 0 saturated heterocycles. The Hall–Kier alpha value is 5.01. The summed E-state index contributed by atoms with van der Waals surface area (Å²) >= 11 is 0. The number of hydrogen-bond acceptors (Lipinski definition) is 0. The average Bonchev–Trinajstić information content (AvgIpc) is 0. The minimum atomic E-state index is 0. The Labute approximate surface area is 172 Å². The SMILES string of the molecule is Cl.Cl.Cl.Cl.[Cl-].[Cl-].[K+].[K+]. The zero-order valence-corrected chi connectivity index (χ0v) is 15.4. The van der Waals surface area contributed by atoms with Crippen molar-refractivity contribution in [2.24, 2.45) is 0 Å². The molecular weight excluding hydrogens is 291 g/mol. The molecule has 0 aliphatic carbocycles. The Morgan fingerprint density at radius 3 is 0.375 bits per heavy atom. The van der Waals surface area contributed by atoms with Crippen LogP contribution in [0, 0.1) is 0 Å². The first-order valence-electron chi connectivity index (χ1n) is 0. The number of halogens is 6. The first kappa shape index (κ1) is 74.7. The molecule has 0 bridgehead atoms. The van der Waals surface area contributed by atoms with Gasteiger partial charge in [-0.3, -0.25) is 0 Å². The van der Waals surface area contributed by atoms with Gasteiger partial charge in [0, 0.05) is 0 Å². The van der Waals surface area contributed by atoms with E-state index < -0.39 is 0 Å². The molecule has 0 aliphatic heterocycles. The third-order valence-corrected chi connectivity index (χ3v) is 0. The summed E-state index contributed by atoms with van der Waals surface area (Å²) in [5.41, 5.74) is 0. The molecule has 0 spiro atoms. The molecule has 0 heterocycles. The van der Waals surface area contributed by atoms with Crippen molar-refractivity contribution in [1.29, 1.82) is 0 Å². The smallest absolute Gasteiger partial charge is 1.00 e. The van der Waals surface area contributed by atoms with Crippen LogP contribution in [0.1, 0.15) is 0 Å². The summed E-state index contributed by atoms with van der Waals surface area (Å²) in [4.78, 5) is 0. The van der Waals surface area contributed by atoms with Gasteiger partial charge in [-0.2, -0.15) is 0 Å². The minimum Gasteiger partial charge on any atom is -1.00 e. The van der Waals surface area contributed by atoms with Crippen molar-refractivity contribution in [3.63, 3.8) is 0 Å². The quantitative estimate of drug-likeness (QED) is 0.389. The second-order valence-electron chi connectivity index (χ2n) is 0. The van der Waals surface area contributed by atoms with Gasteiger partial charge in [0.25, 0.3) is 0 Å². The van der Waals surface area contributed by atoms with Crippen molar-refractivity contribution < 1.29 is 128 Å². The maximum absolute atomic E-state index is 0. The summed E-state index contributed by atoms with van der Waals surface area (Å²) in [7, 11) is 0. The van der Waals surface area contributed by atoms with Crippen LogP contribution < -0.4 is 128 Å². The summed E-state index contributed by atoms with van der Waals surface area (Å²) in [6.07, 6.45) is 0. The van der Waals surface area contributed by atoms with Gasteiger partial charge in [-0.25, -0.2) is 0 Å². The van der Waals surface area contributed by atoms with Crippen molar-refractivity contribution in [1.82, 2.24) is 0 Å². The van der Waals surface area contributed by atoms with Crippen LogP contribution in [-0.4, -0.2) is 0 Å². The summed E-state index contributed by atoms with van der Waals surface area (Å²) in [5.74, 6) is 0. The molecule has 0 aliphatic rings.